The highest BCUT2D eigenvalue weighted by Gasteiger charge is 2.39. The van der Waals surface area contributed by atoms with Gasteiger partial charge in [0.05, 0.1) is 0 Å². The standard InChI is InChI=1S/C45H86O5Si/c1-8-10-12-14-16-18-20-22-24-26-28-30-32-34-36-38-43(46)48-40-42(50-51(6,7)45(3,4)5)41-49-44(47)39-37-35-33-31-29-27-25-23-21-19-17-15-13-11-9-2/h22-25,42H,8-21,26-41H2,1-7H3. The van der Waals surface area contributed by atoms with E-state index < -0.39 is 14.4 Å². The molecule has 0 saturated carbocycles. The lowest BCUT2D eigenvalue weighted by molar-refractivity contribution is -0.151. The minimum absolute atomic E-state index is 0.00657. The highest BCUT2D eigenvalue weighted by molar-refractivity contribution is 6.74. The minimum atomic E-state index is -2.13. The molecule has 0 fully saturated rings. The maximum absolute atomic E-state index is 12.6. The number of rotatable bonds is 36. The monoisotopic (exact) mass is 735 g/mol. The van der Waals surface area contributed by atoms with Gasteiger partial charge in [0.1, 0.15) is 19.3 Å². The van der Waals surface area contributed by atoms with E-state index in [2.05, 4.69) is 72.0 Å². The first-order valence-electron chi connectivity index (χ1n) is 21.8. The Morgan fingerprint density at radius 1 is 0.490 bits per heavy atom. The SMILES string of the molecule is CCCCCCCCC=CCCCCCCCC(=O)OCC(COC(=O)CCCCCCCC=CCCCCCCCC)O[Si](C)(C)C(C)(C)C. The van der Waals surface area contributed by atoms with Crippen LogP contribution in [0.4, 0.5) is 0 Å². The highest BCUT2D eigenvalue weighted by atomic mass is 28.4. The fraction of sp³-hybridized carbons (Fsp3) is 0.867. The molecule has 0 N–H and O–H groups in total. The Labute approximate surface area is 319 Å². The molecular weight excluding hydrogens is 649 g/mol. The lowest BCUT2D eigenvalue weighted by Crippen LogP contribution is -2.46. The third-order valence-electron chi connectivity index (χ3n) is 10.4. The average Bonchev–Trinajstić information content (AvgIpc) is 3.08. The number of ether oxygens (including phenoxy) is 2. The molecular formula is C45H86O5Si. The Balaban J connectivity index is 4.16. The molecule has 0 saturated heterocycles. The van der Waals surface area contributed by atoms with Gasteiger partial charge in [-0.25, -0.2) is 0 Å². The molecule has 0 rings (SSSR count). The van der Waals surface area contributed by atoms with Gasteiger partial charge in [-0.05, 0) is 82.3 Å². The second-order valence-electron chi connectivity index (χ2n) is 16.5. The van der Waals surface area contributed by atoms with Crippen LogP contribution < -0.4 is 0 Å². The molecule has 0 aliphatic carbocycles. The fourth-order valence-electron chi connectivity index (χ4n) is 5.91. The molecule has 0 aromatic heterocycles. The van der Waals surface area contributed by atoms with Crippen LogP contribution in [0.2, 0.25) is 18.1 Å². The van der Waals surface area contributed by atoms with E-state index in [1.807, 2.05) is 0 Å². The van der Waals surface area contributed by atoms with Crippen LogP contribution in [-0.4, -0.2) is 39.6 Å². The summed E-state index contributed by atoms with van der Waals surface area (Å²) >= 11 is 0. The van der Waals surface area contributed by atoms with Crippen molar-refractivity contribution in [1.82, 2.24) is 0 Å². The van der Waals surface area contributed by atoms with E-state index in [-0.39, 0.29) is 30.2 Å². The molecule has 0 aliphatic heterocycles. The van der Waals surface area contributed by atoms with Crippen LogP contribution in [0.25, 0.3) is 0 Å². The van der Waals surface area contributed by atoms with E-state index in [4.69, 9.17) is 13.9 Å². The van der Waals surface area contributed by atoms with Crippen LogP contribution in [0, 0.1) is 0 Å². The van der Waals surface area contributed by atoms with Crippen molar-refractivity contribution in [3.63, 3.8) is 0 Å². The van der Waals surface area contributed by atoms with Crippen molar-refractivity contribution >= 4 is 20.3 Å². The van der Waals surface area contributed by atoms with Gasteiger partial charge in [0, 0.05) is 12.8 Å². The zero-order valence-corrected chi connectivity index (χ0v) is 36.1. The lowest BCUT2D eigenvalue weighted by atomic mass is 10.1. The molecule has 0 bridgehead atoms. The molecule has 0 atom stereocenters. The summed E-state index contributed by atoms with van der Waals surface area (Å²) in [6, 6.07) is 0. The van der Waals surface area contributed by atoms with Crippen LogP contribution in [0.5, 0.6) is 0 Å². The minimum Gasteiger partial charge on any atom is -0.463 e. The molecule has 0 aliphatic rings. The maximum Gasteiger partial charge on any atom is 0.305 e. The van der Waals surface area contributed by atoms with Crippen molar-refractivity contribution in [3.8, 4) is 0 Å². The van der Waals surface area contributed by atoms with Crippen molar-refractivity contribution in [2.75, 3.05) is 13.2 Å². The predicted molar refractivity (Wildman–Crippen MR) is 223 cm³/mol. The van der Waals surface area contributed by atoms with Crippen LogP contribution >= 0.6 is 0 Å². The van der Waals surface area contributed by atoms with E-state index in [1.54, 1.807) is 0 Å². The smallest absolute Gasteiger partial charge is 0.305 e. The van der Waals surface area contributed by atoms with Crippen LogP contribution in [0.3, 0.4) is 0 Å². The number of hydrogen-bond acceptors (Lipinski definition) is 5. The van der Waals surface area contributed by atoms with Crippen molar-refractivity contribution in [2.24, 2.45) is 0 Å². The van der Waals surface area contributed by atoms with Crippen LogP contribution in [-0.2, 0) is 23.5 Å². The van der Waals surface area contributed by atoms with Crippen LogP contribution in [0.1, 0.15) is 214 Å². The predicted octanol–water partition coefficient (Wildman–Crippen LogP) is 14.5. The summed E-state index contributed by atoms with van der Waals surface area (Å²) in [7, 11) is -2.13. The van der Waals surface area contributed by atoms with E-state index in [0.717, 1.165) is 51.4 Å². The lowest BCUT2D eigenvalue weighted by Gasteiger charge is -2.38. The molecule has 0 aromatic rings. The van der Waals surface area contributed by atoms with E-state index in [9.17, 15) is 9.59 Å². The summed E-state index contributed by atoms with van der Waals surface area (Å²) in [6.07, 6.45) is 41.9. The normalized spacial score (nSPS) is 13.0. The van der Waals surface area contributed by atoms with Crippen molar-refractivity contribution in [1.29, 1.82) is 0 Å². The molecule has 0 heterocycles. The topological polar surface area (TPSA) is 61.8 Å². The zero-order valence-electron chi connectivity index (χ0n) is 35.1. The van der Waals surface area contributed by atoms with Crippen LogP contribution in [0.15, 0.2) is 24.3 Å². The number of unbranched alkanes of at least 4 members (excludes halogenated alkanes) is 22. The summed E-state index contributed by atoms with van der Waals surface area (Å²) in [4.78, 5) is 25.1. The van der Waals surface area contributed by atoms with E-state index in [1.165, 1.54) is 116 Å². The summed E-state index contributed by atoms with van der Waals surface area (Å²) in [6.45, 7) is 15.7. The van der Waals surface area contributed by atoms with E-state index >= 15 is 0 Å². The quantitative estimate of drug-likeness (QED) is 0.0278. The first-order valence-corrected chi connectivity index (χ1v) is 24.7. The van der Waals surface area contributed by atoms with Crippen molar-refractivity contribution in [2.45, 2.75) is 239 Å². The number of carbonyl (C=O) groups is 2. The largest absolute Gasteiger partial charge is 0.463 e. The van der Waals surface area contributed by atoms with Gasteiger partial charge < -0.3 is 13.9 Å². The number of allylic oxidation sites excluding steroid dienone is 4. The molecule has 51 heavy (non-hydrogen) atoms. The Bertz CT molecular complexity index is 803. The Morgan fingerprint density at radius 3 is 1.10 bits per heavy atom. The summed E-state index contributed by atoms with van der Waals surface area (Å²) in [5.74, 6) is -0.368. The van der Waals surface area contributed by atoms with Gasteiger partial charge in [0.25, 0.3) is 0 Å². The molecule has 5 nitrogen and oxygen atoms in total. The maximum atomic E-state index is 12.6. The van der Waals surface area contributed by atoms with Gasteiger partial charge in [0.15, 0.2) is 8.32 Å². The Hall–Kier alpha value is -1.40. The average molecular weight is 735 g/mol. The molecule has 0 spiro atoms. The van der Waals surface area contributed by atoms with Gasteiger partial charge in [0.2, 0.25) is 0 Å². The molecule has 0 radical (unpaired) electrons. The van der Waals surface area contributed by atoms with E-state index in [0.29, 0.717) is 12.8 Å². The molecule has 0 amide bonds. The van der Waals surface area contributed by atoms with Gasteiger partial charge in [-0.3, -0.25) is 9.59 Å². The van der Waals surface area contributed by atoms with Gasteiger partial charge in [-0.15, -0.1) is 0 Å². The van der Waals surface area contributed by atoms with Gasteiger partial charge >= 0.3 is 11.9 Å². The number of esters is 2. The second-order valence-corrected chi connectivity index (χ2v) is 21.3. The zero-order chi connectivity index (χ0) is 37.9. The first-order chi connectivity index (χ1) is 24.5. The highest BCUT2D eigenvalue weighted by Crippen LogP contribution is 2.37. The summed E-state index contributed by atoms with van der Waals surface area (Å²) in [5, 5.41) is 0.00657. The third kappa shape index (κ3) is 32.9. The summed E-state index contributed by atoms with van der Waals surface area (Å²) < 4.78 is 17.9. The summed E-state index contributed by atoms with van der Waals surface area (Å²) in [5.41, 5.74) is 0. The first kappa shape index (κ1) is 49.6. The molecule has 0 unspecified atom stereocenters. The third-order valence-corrected chi connectivity index (χ3v) is 14.9. The molecule has 0 aromatic carbocycles. The van der Waals surface area contributed by atoms with Gasteiger partial charge in [-0.2, -0.15) is 0 Å². The number of carbonyl (C=O) groups excluding carboxylic acids is 2. The van der Waals surface area contributed by atoms with Crippen molar-refractivity contribution in [3.05, 3.63) is 24.3 Å². The fourth-order valence-corrected chi connectivity index (χ4v) is 7.23. The van der Waals surface area contributed by atoms with Gasteiger partial charge in [-0.1, -0.05) is 162 Å². The van der Waals surface area contributed by atoms with Crippen molar-refractivity contribution < 1.29 is 23.5 Å². The molecule has 300 valence electrons. The Kier molecular flexibility index (Phi) is 33.4. The second kappa shape index (κ2) is 34.4. The number of hydrogen-bond donors (Lipinski definition) is 0. The Morgan fingerprint density at radius 2 is 0.784 bits per heavy atom. The molecule has 6 heteroatoms.